The van der Waals surface area contributed by atoms with Gasteiger partial charge in [-0.2, -0.15) is 5.10 Å². The van der Waals surface area contributed by atoms with Gasteiger partial charge in [0.1, 0.15) is 11.9 Å². The van der Waals surface area contributed by atoms with E-state index in [0.717, 1.165) is 43.4 Å². The minimum Gasteiger partial charge on any atom is -0.353 e. The number of carbonyl (C=O) groups excluding carboxylic acids is 1. The van der Waals surface area contributed by atoms with Gasteiger partial charge in [-0.1, -0.05) is 6.07 Å². The molecule has 3 heterocycles. The number of nitrogens with zero attached hydrogens (tertiary/aromatic N) is 5. The number of aryl methyl sites for hydroxylation is 2. The van der Waals surface area contributed by atoms with Crippen LogP contribution in [0.4, 0.5) is 5.82 Å². The highest BCUT2D eigenvalue weighted by Crippen LogP contribution is 2.17. The molecule has 0 aliphatic carbocycles. The zero-order chi connectivity index (χ0) is 16.4. The summed E-state index contributed by atoms with van der Waals surface area (Å²) < 4.78 is 1.82. The van der Waals surface area contributed by atoms with Crippen LogP contribution >= 0.6 is 0 Å². The van der Waals surface area contributed by atoms with E-state index in [-0.39, 0.29) is 11.9 Å². The van der Waals surface area contributed by atoms with Gasteiger partial charge in [-0.15, -0.1) is 0 Å². The maximum atomic E-state index is 12.7. The molecule has 2 aromatic heterocycles. The standard InChI is InChI=1S/C17H23N5O/c1-13-12-14(2)22(19-13)15(3)17(23)21-10-8-20(9-11-21)16-6-4-5-7-18-16/h4-7,12,15H,8-11H2,1-3H3. The summed E-state index contributed by atoms with van der Waals surface area (Å²) in [6, 6.07) is 7.66. The Morgan fingerprint density at radius 3 is 2.48 bits per heavy atom. The van der Waals surface area contributed by atoms with Gasteiger partial charge in [0.15, 0.2) is 0 Å². The lowest BCUT2D eigenvalue weighted by atomic mass is 10.2. The number of hydrogen-bond donors (Lipinski definition) is 0. The highest BCUT2D eigenvalue weighted by Gasteiger charge is 2.27. The monoisotopic (exact) mass is 313 g/mol. The molecule has 0 radical (unpaired) electrons. The number of rotatable bonds is 3. The summed E-state index contributed by atoms with van der Waals surface area (Å²) in [6.07, 6.45) is 1.80. The van der Waals surface area contributed by atoms with Gasteiger partial charge < -0.3 is 9.80 Å². The van der Waals surface area contributed by atoms with Gasteiger partial charge in [-0.05, 0) is 39.0 Å². The second-order valence-corrected chi connectivity index (χ2v) is 6.05. The molecule has 1 atom stereocenters. The molecule has 0 N–H and O–H groups in total. The van der Waals surface area contributed by atoms with E-state index in [9.17, 15) is 4.79 Å². The Kier molecular flexibility index (Phi) is 4.32. The molecule has 0 spiro atoms. The van der Waals surface area contributed by atoms with Gasteiger partial charge in [0.25, 0.3) is 0 Å². The number of hydrogen-bond acceptors (Lipinski definition) is 4. The fraction of sp³-hybridized carbons (Fsp3) is 0.471. The topological polar surface area (TPSA) is 54.3 Å². The molecule has 6 heteroatoms. The van der Waals surface area contributed by atoms with E-state index < -0.39 is 0 Å². The Labute approximate surface area is 136 Å². The largest absolute Gasteiger partial charge is 0.353 e. The van der Waals surface area contributed by atoms with Crippen molar-refractivity contribution < 1.29 is 4.79 Å². The number of piperazine rings is 1. The number of pyridine rings is 1. The van der Waals surface area contributed by atoms with Crippen molar-refractivity contribution in [3.8, 4) is 0 Å². The SMILES string of the molecule is Cc1cc(C)n(C(C)C(=O)N2CCN(c3ccccn3)CC2)n1. The fourth-order valence-corrected chi connectivity index (χ4v) is 3.10. The molecule has 0 saturated carbocycles. The van der Waals surface area contributed by atoms with Gasteiger partial charge in [-0.25, -0.2) is 4.98 Å². The number of amides is 1. The van der Waals surface area contributed by atoms with Crippen LogP contribution in [-0.2, 0) is 4.79 Å². The molecule has 0 aromatic carbocycles. The molecule has 2 aromatic rings. The lowest BCUT2D eigenvalue weighted by Crippen LogP contribution is -2.50. The van der Waals surface area contributed by atoms with Crippen LogP contribution in [0.2, 0.25) is 0 Å². The molecular formula is C17H23N5O. The Bertz CT molecular complexity index is 674. The molecule has 1 aliphatic rings. The average molecular weight is 313 g/mol. The van der Waals surface area contributed by atoms with E-state index in [1.54, 1.807) is 6.20 Å². The summed E-state index contributed by atoms with van der Waals surface area (Å²) in [5.41, 5.74) is 1.97. The van der Waals surface area contributed by atoms with Crippen LogP contribution in [0.15, 0.2) is 30.5 Å². The first kappa shape index (κ1) is 15.5. The number of anilines is 1. The zero-order valence-electron chi connectivity index (χ0n) is 13.9. The number of carbonyl (C=O) groups is 1. The predicted molar refractivity (Wildman–Crippen MR) is 89.4 cm³/mol. The van der Waals surface area contributed by atoms with Gasteiger partial charge in [0, 0.05) is 38.1 Å². The summed E-state index contributed by atoms with van der Waals surface area (Å²) >= 11 is 0. The van der Waals surface area contributed by atoms with Gasteiger partial charge in [0.2, 0.25) is 5.91 Å². The highest BCUT2D eigenvalue weighted by molar-refractivity contribution is 5.80. The third-order valence-corrected chi connectivity index (χ3v) is 4.33. The van der Waals surface area contributed by atoms with E-state index in [0.29, 0.717) is 0 Å². The molecule has 3 rings (SSSR count). The van der Waals surface area contributed by atoms with Crippen molar-refractivity contribution in [2.24, 2.45) is 0 Å². The lowest BCUT2D eigenvalue weighted by molar-refractivity contribution is -0.134. The second-order valence-electron chi connectivity index (χ2n) is 6.05. The Morgan fingerprint density at radius 1 is 1.17 bits per heavy atom. The summed E-state index contributed by atoms with van der Waals surface area (Å²) in [7, 11) is 0. The third-order valence-electron chi connectivity index (χ3n) is 4.33. The first-order chi connectivity index (χ1) is 11.1. The second kappa shape index (κ2) is 6.40. The predicted octanol–water partition coefficient (Wildman–Crippen LogP) is 1.80. The molecule has 1 amide bonds. The number of aromatic nitrogens is 3. The van der Waals surface area contributed by atoms with Crippen molar-refractivity contribution in [3.05, 3.63) is 41.9 Å². The van der Waals surface area contributed by atoms with Crippen LogP contribution in [0.25, 0.3) is 0 Å². The Balaban J connectivity index is 1.63. The van der Waals surface area contributed by atoms with Crippen molar-refractivity contribution in [2.45, 2.75) is 26.8 Å². The quantitative estimate of drug-likeness (QED) is 0.867. The average Bonchev–Trinajstić information content (AvgIpc) is 2.93. The molecule has 1 saturated heterocycles. The highest BCUT2D eigenvalue weighted by atomic mass is 16.2. The Hall–Kier alpha value is -2.37. The first-order valence-corrected chi connectivity index (χ1v) is 8.04. The van der Waals surface area contributed by atoms with Crippen molar-refractivity contribution in [1.82, 2.24) is 19.7 Å². The minimum atomic E-state index is -0.259. The first-order valence-electron chi connectivity index (χ1n) is 8.04. The smallest absolute Gasteiger partial charge is 0.247 e. The minimum absolute atomic E-state index is 0.136. The summed E-state index contributed by atoms with van der Waals surface area (Å²) in [5, 5.41) is 4.44. The molecule has 0 bridgehead atoms. The molecular weight excluding hydrogens is 290 g/mol. The zero-order valence-corrected chi connectivity index (χ0v) is 13.9. The maximum absolute atomic E-state index is 12.7. The van der Waals surface area contributed by atoms with Crippen LogP contribution in [0.1, 0.15) is 24.4 Å². The molecule has 6 nitrogen and oxygen atoms in total. The van der Waals surface area contributed by atoms with Crippen LogP contribution in [0, 0.1) is 13.8 Å². The van der Waals surface area contributed by atoms with E-state index in [1.807, 2.05) is 54.6 Å². The van der Waals surface area contributed by atoms with E-state index in [2.05, 4.69) is 15.0 Å². The maximum Gasteiger partial charge on any atom is 0.247 e. The third kappa shape index (κ3) is 3.21. The van der Waals surface area contributed by atoms with Crippen molar-refractivity contribution in [3.63, 3.8) is 0 Å². The lowest BCUT2D eigenvalue weighted by Gasteiger charge is -2.36. The molecule has 23 heavy (non-hydrogen) atoms. The van der Waals surface area contributed by atoms with Crippen LogP contribution in [0.3, 0.4) is 0 Å². The van der Waals surface area contributed by atoms with Crippen molar-refractivity contribution in [1.29, 1.82) is 0 Å². The fourth-order valence-electron chi connectivity index (χ4n) is 3.10. The van der Waals surface area contributed by atoms with Crippen LogP contribution in [0.5, 0.6) is 0 Å². The normalized spacial score (nSPS) is 16.5. The summed E-state index contributed by atoms with van der Waals surface area (Å²) in [4.78, 5) is 21.3. The van der Waals surface area contributed by atoms with E-state index in [4.69, 9.17) is 0 Å². The van der Waals surface area contributed by atoms with Crippen LogP contribution < -0.4 is 4.90 Å². The molecule has 1 fully saturated rings. The summed E-state index contributed by atoms with van der Waals surface area (Å²) in [6.45, 7) is 8.93. The van der Waals surface area contributed by atoms with Gasteiger partial charge in [0.05, 0.1) is 5.69 Å². The van der Waals surface area contributed by atoms with E-state index >= 15 is 0 Å². The van der Waals surface area contributed by atoms with Crippen molar-refractivity contribution >= 4 is 11.7 Å². The summed E-state index contributed by atoms with van der Waals surface area (Å²) in [5.74, 6) is 1.11. The van der Waals surface area contributed by atoms with Crippen molar-refractivity contribution in [2.75, 3.05) is 31.1 Å². The van der Waals surface area contributed by atoms with Crippen LogP contribution in [-0.4, -0.2) is 51.8 Å². The van der Waals surface area contributed by atoms with E-state index in [1.165, 1.54) is 0 Å². The Morgan fingerprint density at radius 2 is 1.91 bits per heavy atom. The van der Waals surface area contributed by atoms with Gasteiger partial charge in [-0.3, -0.25) is 9.48 Å². The molecule has 1 unspecified atom stereocenters. The van der Waals surface area contributed by atoms with Gasteiger partial charge >= 0.3 is 0 Å². The molecule has 1 aliphatic heterocycles. The molecule has 122 valence electrons.